The summed E-state index contributed by atoms with van der Waals surface area (Å²) in [5.74, 6) is -1.66. The predicted octanol–water partition coefficient (Wildman–Crippen LogP) is 3.04. The smallest absolute Gasteiger partial charge is 0.262 e. The van der Waals surface area contributed by atoms with Crippen LogP contribution in [0.5, 0.6) is 5.75 Å². The third-order valence-electron chi connectivity index (χ3n) is 4.55. The van der Waals surface area contributed by atoms with E-state index in [2.05, 4.69) is 5.32 Å². The van der Waals surface area contributed by atoms with Crippen LogP contribution < -0.4 is 10.1 Å². The number of hydrogen-bond acceptors (Lipinski definition) is 6. The van der Waals surface area contributed by atoms with Gasteiger partial charge in [-0.2, -0.15) is 0 Å². The molecule has 2 aromatic rings. The van der Waals surface area contributed by atoms with Crippen LogP contribution in [0.25, 0.3) is 0 Å². The zero-order valence-corrected chi connectivity index (χ0v) is 18.8. The number of fused-ring (bicyclic) bond motifs is 1. The van der Waals surface area contributed by atoms with Crippen molar-refractivity contribution in [1.82, 2.24) is 4.90 Å². The number of anilines is 1. The lowest BCUT2D eigenvalue weighted by atomic mass is 10.1. The molecule has 31 heavy (non-hydrogen) atoms. The highest BCUT2D eigenvalue weighted by Crippen LogP contribution is 2.32. The highest BCUT2D eigenvalue weighted by atomic mass is 35.5. The van der Waals surface area contributed by atoms with Crippen molar-refractivity contribution in [3.8, 4) is 5.75 Å². The Hall–Kier alpha value is -2.62. The van der Waals surface area contributed by atoms with Crippen molar-refractivity contribution in [2.45, 2.75) is 13.0 Å². The van der Waals surface area contributed by atoms with Crippen LogP contribution in [0, 0.1) is 0 Å². The van der Waals surface area contributed by atoms with Crippen LogP contribution in [0.4, 0.5) is 5.69 Å². The van der Waals surface area contributed by atoms with E-state index in [1.165, 1.54) is 25.1 Å². The van der Waals surface area contributed by atoms with E-state index in [1.54, 1.807) is 18.2 Å². The Morgan fingerprint density at radius 2 is 1.68 bits per heavy atom. The van der Waals surface area contributed by atoms with Crippen molar-refractivity contribution >= 4 is 56.4 Å². The molecule has 1 heterocycles. The zero-order valence-electron chi connectivity index (χ0n) is 16.5. The number of benzene rings is 2. The van der Waals surface area contributed by atoms with Gasteiger partial charge in [-0.15, -0.1) is 0 Å². The number of ether oxygens (including phenoxy) is 1. The minimum absolute atomic E-state index is 0.0349. The number of hydrogen-bond donors (Lipinski definition) is 1. The molecule has 3 rings (SSSR count). The molecule has 1 atom stereocenters. The average Bonchev–Trinajstić information content (AvgIpc) is 2.91. The van der Waals surface area contributed by atoms with Crippen LogP contribution >= 0.6 is 23.2 Å². The van der Waals surface area contributed by atoms with Gasteiger partial charge in [-0.1, -0.05) is 29.3 Å². The van der Waals surface area contributed by atoms with Crippen molar-refractivity contribution in [3.05, 3.63) is 57.6 Å². The van der Waals surface area contributed by atoms with E-state index < -0.39 is 33.6 Å². The lowest BCUT2D eigenvalue weighted by Crippen LogP contribution is -2.45. The van der Waals surface area contributed by atoms with Crippen molar-refractivity contribution in [2.75, 3.05) is 23.9 Å². The van der Waals surface area contributed by atoms with Gasteiger partial charge in [-0.25, -0.2) is 8.42 Å². The van der Waals surface area contributed by atoms with Crippen LogP contribution in [0.3, 0.4) is 0 Å². The van der Waals surface area contributed by atoms with Crippen molar-refractivity contribution in [3.63, 3.8) is 0 Å². The first-order chi connectivity index (χ1) is 14.5. The Morgan fingerprint density at radius 1 is 1.10 bits per heavy atom. The molecular formula is C20H18Cl2N2O6S. The first-order valence-electron chi connectivity index (χ1n) is 9.06. The van der Waals surface area contributed by atoms with E-state index in [9.17, 15) is 22.8 Å². The van der Waals surface area contributed by atoms with Gasteiger partial charge in [0.05, 0.1) is 26.9 Å². The van der Waals surface area contributed by atoms with Gasteiger partial charge >= 0.3 is 0 Å². The molecule has 2 aromatic carbocycles. The summed E-state index contributed by atoms with van der Waals surface area (Å²) in [6, 6.07) is 7.83. The molecule has 3 amide bonds. The van der Waals surface area contributed by atoms with Gasteiger partial charge in [0.25, 0.3) is 11.8 Å². The molecule has 11 heteroatoms. The Bertz CT molecular complexity index is 1140. The van der Waals surface area contributed by atoms with Gasteiger partial charge in [0.15, 0.2) is 9.84 Å². The third kappa shape index (κ3) is 5.17. The first-order valence-corrected chi connectivity index (χ1v) is 11.9. The van der Waals surface area contributed by atoms with E-state index in [0.29, 0.717) is 11.4 Å². The van der Waals surface area contributed by atoms with Gasteiger partial charge in [0.2, 0.25) is 5.91 Å². The molecule has 0 saturated heterocycles. The van der Waals surface area contributed by atoms with Crippen molar-refractivity contribution in [2.24, 2.45) is 0 Å². The van der Waals surface area contributed by atoms with Gasteiger partial charge in [0.1, 0.15) is 18.4 Å². The normalized spacial score (nSPS) is 14.4. The van der Waals surface area contributed by atoms with Gasteiger partial charge < -0.3 is 10.1 Å². The van der Waals surface area contributed by atoms with Gasteiger partial charge in [-0.05, 0) is 31.2 Å². The summed E-state index contributed by atoms with van der Waals surface area (Å²) in [4.78, 5) is 38.9. The second-order valence-electron chi connectivity index (χ2n) is 6.96. The summed E-state index contributed by atoms with van der Waals surface area (Å²) in [6.45, 7) is 1.39. The van der Waals surface area contributed by atoms with Crippen LogP contribution in [-0.2, 0) is 14.6 Å². The molecule has 0 aromatic heterocycles. The molecule has 0 spiro atoms. The van der Waals surface area contributed by atoms with E-state index in [1.807, 2.05) is 0 Å². The number of sulfone groups is 1. The van der Waals surface area contributed by atoms with E-state index in [-0.39, 0.29) is 33.5 Å². The maximum Gasteiger partial charge on any atom is 0.262 e. The zero-order chi connectivity index (χ0) is 22.9. The summed E-state index contributed by atoms with van der Waals surface area (Å²) >= 11 is 11.9. The predicted molar refractivity (Wildman–Crippen MR) is 117 cm³/mol. The van der Waals surface area contributed by atoms with E-state index >= 15 is 0 Å². The molecule has 0 bridgehead atoms. The van der Waals surface area contributed by atoms with Gasteiger partial charge in [-0.3, -0.25) is 19.3 Å². The maximum atomic E-state index is 12.7. The van der Waals surface area contributed by atoms with Crippen LogP contribution in [0.15, 0.2) is 36.4 Å². The Kier molecular flexibility index (Phi) is 6.59. The maximum absolute atomic E-state index is 12.7. The molecule has 0 saturated carbocycles. The lowest BCUT2D eigenvalue weighted by Gasteiger charge is -2.21. The quantitative estimate of drug-likeness (QED) is 0.604. The molecule has 1 aliphatic heterocycles. The molecular weight excluding hydrogens is 467 g/mol. The molecule has 0 fully saturated rings. The number of nitrogens with zero attached hydrogens (tertiary/aromatic N) is 1. The molecule has 0 aliphatic carbocycles. The number of carbonyl (C=O) groups is 3. The topological polar surface area (TPSA) is 110 Å². The second-order valence-corrected chi connectivity index (χ2v) is 10.0. The molecule has 1 N–H and O–H groups in total. The minimum Gasteiger partial charge on any atom is -0.492 e. The second kappa shape index (κ2) is 8.86. The van der Waals surface area contributed by atoms with Crippen LogP contribution in [0.1, 0.15) is 27.6 Å². The summed E-state index contributed by atoms with van der Waals surface area (Å²) in [7, 11) is -3.16. The summed E-state index contributed by atoms with van der Waals surface area (Å²) in [6.07, 6.45) is 1.11. The van der Waals surface area contributed by atoms with E-state index in [4.69, 9.17) is 27.9 Å². The lowest BCUT2D eigenvalue weighted by molar-refractivity contribution is -0.119. The number of amides is 3. The number of imide groups is 1. The number of halogens is 2. The van der Waals surface area contributed by atoms with Crippen molar-refractivity contribution in [1.29, 1.82) is 0 Å². The first kappa shape index (κ1) is 23.1. The molecule has 1 unspecified atom stereocenters. The van der Waals surface area contributed by atoms with Gasteiger partial charge in [0, 0.05) is 18.0 Å². The average molecular weight is 485 g/mol. The summed E-state index contributed by atoms with van der Waals surface area (Å²) in [5, 5.41) is 2.89. The Morgan fingerprint density at radius 3 is 2.23 bits per heavy atom. The SMILES string of the molecule is CC(C(=O)Nc1cccc(OCCS(C)(=O)=O)c1)N1C(=O)c2cc(Cl)c(Cl)cc2C1=O. The molecule has 164 valence electrons. The fourth-order valence-corrected chi connectivity index (χ4v) is 3.66. The Balaban J connectivity index is 1.71. The summed E-state index contributed by atoms with van der Waals surface area (Å²) < 4.78 is 27.8. The minimum atomic E-state index is -3.16. The molecule has 8 nitrogen and oxygen atoms in total. The monoisotopic (exact) mass is 484 g/mol. The Labute approximate surface area is 189 Å². The van der Waals surface area contributed by atoms with Crippen LogP contribution in [-0.4, -0.2) is 55.7 Å². The highest BCUT2D eigenvalue weighted by molar-refractivity contribution is 7.90. The number of rotatable bonds is 7. The molecule has 1 aliphatic rings. The molecule has 0 radical (unpaired) electrons. The number of nitrogens with one attached hydrogen (secondary N) is 1. The van der Waals surface area contributed by atoms with Crippen molar-refractivity contribution < 1.29 is 27.5 Å². The fraction of sp³-hybridized carbons (Fsp3) is 0.250. The van der Waals surface area contributed by atoms with Crippen LogP contribution in [0.2, 0.25) is 10.0 Å². The van der Waals surface area contributed by atoms with E-state index in [0.717, 1.165) is 11.2 Å². The standard InChI is InChI=1S/C20H18Cl2N2O6S/c1-11(24-19(26)14-9-16(21)17(22)10-15(14)20(24)27)18(25)23-12-4-3-5-13(8-12)30-6-7-31(2,28)29/h3-5,8-11H,6-7H2,1-2H3,(H,23,25). The fourth-order valence-electron chi connectivity index (χ4n) is 2.94. The number of carbonyl (C=O) groups excluding carboxylic acids is 3. The summed E-state index contributed by atoms with van der Waals surface area (Å²) in [5.41, 5.74) is 0.525. The largest absolute Gasteiger partial charge is 0.492 e. The highest BCUT2D eigenvalue weighted by Gasteiger charge is 2.41. The third-order valence-corrected chi connectivity index (χ3v) is 6.18.